The first kappa shape index (κ1) is 13.4. The summed E-state index contributed by atoms with van der Waals surface area (Å²) in [5.74, 6) is 0.0766. The van der Waals surface area contributed by atoms with Gasteiger partial charge in [0.05, 0.1) is 0 Å². The van der Waals surface area contributed by atoms with Crippen LogP contribution >= 0.6 is 0 Å². The molecule has 16 heavy (non-hydrogen) atoms. The van der Waals surface area contributed by atoms with Gasteiger partial charge in [-0.05, 0) is 13.8 Å². The highest BCUT2D eigenvalue weighted by Gasteiger charge is 2.29. The summed E-state index contributed by atoms with van der Waals surface area (Å²) in [7, 11) is 1.55. The Hall–Kier alpha value is -0.650. The molecule has 5 nitrogen and oxygen atoms in total. The summed E-state index contributed by atoms with van der Waals surface area (Å²) in [6.07, 6.45) is 0. The molecule has 1 amide bonds. The van der Waals surface area contributed by atoms with Crippen LogP contribution < -0.4 is 5.73 Å². The lowest BCUT2D eigenvalue weighted by Gasteiger charge is -2.43. The molecule has 1 aliphatic rings. The van der Waals surface area contributed by atoms with Crippen LogP contribution in [-0.4, -0.2) is 67.7 Å². The van der Waals surface area contributed by atoms with Gasteiger partial charge in [-0.2, -0.15) is 0 Å². The van der Waals surface area contributed by atoms with Gasteiger partial charge in [0.2, 0.25) is 5.91 Å². The molecule has 1 heterocycles. The summed E-state index contributed by atoms with van der Waals surface area (Å²) in [6.45, 7) is 8.41. The Bertz CT molecular complexity index is 235. The zero-order valence-electron chi connectivity index (χ0n) is 10.5. The molecule has 1 fully saturated rings. The van der Waals surface area contributed by atoms with Crippen molar-refractivity contribution in [3.8, 4) is 0 Å². The number of hydrogen-bond acceptors (Lipinski definition) is 4. The lowest BCUT2D eigenvalue weighted by molar-refractivity contribution is -0.137. The van der Waals surface area contributed by atoms with Crippen LogP contribution in [-0.2, 0) is 9.53 Å². The number of rotatable bonds is 4. The second-order valence-corrected chi connectivity index (χ2v) is 4.82. The fourth-order valence-corrected chi connectivity index (χ4v) is 1.91. The molecule has 0 aromatic carbocycles. The van der Waals surface area contributed by atoms with Crippen molar-refractivity contribution in [2.24, 2.45) is 5.73 Å². The zero-order chi connectivity index (χ0) is 12.2. The van der Waals surface area contributed by atoms with Gasteiger partial charge in [-0.3, -0.25) is 9.69 Å². The molecule has 2 N–H and O–H groups in total. The number of carbonyl (C=O) groups excluding carboxylic acids is 1. The number of nitrogens with zero attached hydrogens (tertiary/aromatic N) is 2. The average Bonchev–Trinajstić information content (AvgIpc) is 2.29. The second-order valence-electron chi connectivity index (χ2n) is 4.82. The van der Waals surface area contributed by atoms with Crippen molar-refractivity contribution in [2.45, 2.75) is 19.4 Å². The number of piperazine rings is 1. The van der Waals surface area contributed by atoms with E-state index in [1.807, 2.05) is 4.90 Å². The maximum absolute atomic E-state index is 11.6. The first-order chi connectivity index (χ1) is 7.51. The number of amides is 1. The maximum atomic E-state index is 11.6. The minimum atomic E-state index is 0.0242. The van der Waals surface area contributed by atoms with E-state index in [-0.39, 0.29) is 18.1 Å². The van der Waals surface area contributed by atoms with E-state index in [0.717, 1.165) is 26.2 Å². The molecule has 0 spiro atoms. The topological polar surface area (TPSA) is 58.8 Å². The molecular weight excluding hydrogens is 206 g/mol. The van der Waals surface area contributed by atoms with E-state index < -0.39 is 0 Å². The van der Waals surface area contributed by atoms with Gasteiger partial charge < -0.3 is 15.4 Å². The fourth-order valence-electron chi connectivity index (χ4n) is 1.91. The Balaban J connectivity index is 2.42. The molecule has 1 aliphatic heterocycles. The number of nitrogens with two attached hydrogens (primary N) is 1. The lowest BCUT2D eigenvalue weighted by Crippen LogP contribution is -2.58. The summed E-state index contributed by atoms with van der Waals surface area (Å²) in [6, 6.07) is 0. The minimum Gasteiger partial charge on any atom is -0.375 e. The molecule has 0 radical (unpaired) electrons. The Kier molecular flexibility index (Phi) is 4.70. The van der Waals surface area contributed by atoms with E-state index in [2.05, 4.69) is 18.7 Å². The van der Waals surface area contributed by atoms with E-state index in [9.17, 15) is 4.79 Å². The first-order valence-corrected chi connectivity index (χ1v) is 5.73. The van der Waals surface area contributed by atoms with Crippen LogP contribution in [0.15, 0.2) is 0 Å². The molecule has 0 aromatic rings. The van der Waals surface area contributed by atoms with E-state index in [4.69, 9.17) is 10.5 Å². The van der Waals surface area contributed by atoms with Gasteiger partial charge in [0.25, 0.3) is 0 Å². The quantitative estimate of drug-likeness (QED) is 0.707. The largest absolute Gasteiger partial charge is 0.375 e. The highest BCUT2D eigenvalue weighted by atomic mass is 16.5. The Morgan fingerprint density at radius 2 is 1.88 bits per heavy atom. The van der Waals surface area contributed by atoms with E-state index >= 15 is 0 Å². The highest BCUT2D eigenvalue weighted by molar-refractivity contribution is 5.77. The average molecular weight is 229 g/mol. The fraction of sp³-hybridized carbons (Fsp3) is 0.909. The van der Waals surface area contributed by atoms with E-state index in [1.165, 1.54) is 0 Å². The summed E-state index contributed by atoms with van der Waals surface area (Å²) in [5.41, 5.74) is 5.76. The Morgan fingerprint density at radius 1 is 1.31 bits per heavy atom. The van der Waals surface area contributed by atoms with Gasteiger partial charge in [-0.15, -0.1) is 0 Å². The van der Waals surface area contributed by atoms with E-state index in [0.29, 0.717) is 6.54 Å². The van der Waals surface area contributed by atoms with Crippen molar-refractivity contribution in [3.63, 3.8) is 0 Å². The van der Waals surface area contributed by atoms with Crippen LogP contribution in [0, 0.1) is 0 Å². The highest BCUT2D eigenvalue weighted by Crippen LogP contribution is 2.15. The third kappa shape index (κ3) is 3.17. The SMILES string of the molecule is COCC(=O)N1CCN(C(C)(C)CN)CC1. The smallest absolute Gasteiger partial charge is 0.248 e. The molecule has 0 unspecified atom stereocenters. The second kappa shape index (κ2) is 5.61. The number of methoxy groups -OCH3 is 1. The maximum Gasteiger partial charge on any atom is 0.248 e. The normalized spacial score (nSPS) is 18.9. The summed E-state index contributed by atoms with van der Waals surface area (Å²) < 4.78 is 4.85. The van der Waals surface area contributed by atoms with Crippen molar-refractivity contribution in [3.05, 3.63) is 0 Å². The minimum absolute atomic E-state index is 0.0242. The van der Waals surface area contributed by atoms with Crippen molar-refractivity contribution in [1.82, 2.24) is 9.80 Å². The number of carbonyl (C=O) groups is 1. The van der Waals surface area contributed by atoms with Crippen molar-refractivity contribution >= 4 is 5.91 Å². The van der Waals surface area contributed by atoms with Gasteiger partial charge in [-0.1, -0.05) is 0 Å². The van der Waals surface area contributed by atoms with Gasteiger partial charge in [0.15, 0.2) is 0 Å². The summed E-state index contributed by atoms with van der Waals surface area (Å²) in [4.78, 5) is 15.8. The van der Waals surface area contributed by atoms with Gasteiger partial charge in [-0.25, -0.2) is 0 Å². The predicted octanol–water partition coefficient (Wildman–Crippen LogP) is -0.486. The van der Waals surface area contributed by atoms with Crippen LogP contribution in [0.1, 0.15) is 13.8 Å². The molecule has 0 saturated carbocycles. The zero-order valence-corrected chi connectivity index (χ0v) is 10.5. The predicted molar refractivity (Wildman–Crippen MR) is 63.2 cm³/mol. The number of ether oxygens (including phenoxy) is 1. The van der Waals surface area contributed by atoms with Crippen LogP contribution in [0.25, 0.3) is 0 Å². The third-order valence-electron chi connectivity index (χ3n) is 3.26. The molecule has 1 saturated heterocycles. The van der Waals surface area contributed by atoms with Crippen LogP contribution in [0.2, 0.25) is 0 Å². The summed E-state index contributed by atoms with van der Waals surface area (Å²) >= 11 is 0. The molecule has 0 atom stereocenters. The van der Waals surface area contributed by atoms with Crippen LogP contribution in [0.4, 0.5) is 0 Å². The van der Waals surface area contributed by atoms with Crippen LogP contribution in [0.3, 0.4) is 0 Å². The molecule has 0 bridgehead atoms. The van der Waals surface area contributed by atoms with Gasteiger partial charge in [0, 0.05) is 45.4 Å². The summed E-state index contributed by atoms with van der Waals surface area (Å²) in [5, 5.41) is 0. The van der Waals surface area contributed by atoms with Crippen molar-refractivity contribution in [2.75, 3.05) is 46.4 Å². The lowest BCUT2D eigenvalue weighted by atomic mass is 10.0. The molecule has 5 heteroatoms. The monoisotopic (exact) mass is 229 g/mol. The molecule has 0 aliphatic carbocycles. The van der Waals surface area contributed by atoms with Crippen molar-refractivity contribution in [1.29, 1.82) is 0 Å². The van der Waals surface area contributed by atoms with E-state index in [1.54, 1.807) is 7.11 Å². The van der Waals surface area contributed by atoms with Crippen molar-refractivity contribution < 1.29 is 9.53 Å². The standard InChI is InChI=1S/C11H23N3O2/c1-11(2,9-12)14-6-4-13(5-7-14)10(15)8-16-3/h4-9,12H2,1-3H3. The Morgan fingerprint density at radius 3 is 2.31 bits per heavy atom. The molecule has 1 rings (SSSR count). The molecular formula is C11H23N3O2. The van der Waals surface area contributed by atoms with Crippen LogP contribution in [0.5, 0.6) is 0 Å². The molecule has 94 valence electrons. The Labute approximate surface area is 97.5 Å². The third-order valence-corrected chi connectivity index (χ3v) is 3.26. The van der Waals surface area contributed by atoms with Gasteiger partial charge in [0.1, 0.15) is 6.61 Å². The number of hydrogen-bond donors (Lipinski definition) is 1. The van der Waals surface area contributed by atoms with Gasteiger partial charge >= 0.3 is 0 Å². The first-order valence-electron chi connectivity index (χ1n) is 5.73. The molecule has 0 aromatic heterocycles.